The van der Waals surface area contributed by atoms with Gasteiger partial charge in [-0.15, -0.1) is 0 Å². The van der Waals surface area contributed by atoms with E-state index in [9.17, 15) is 4.79 Å². The number of hydrogen-bond acceptors (Lipinski definition) is 4. The van der Waals surface area contributed by atoms with Crippen LogP contribution in [-0.4, -0.2) is 18.7 Å². The number of benzene rings is 3. The summed E-state index contributed by atoms with van der Waals surface area (Å²) < 4.78 is 11.3. The fourth-order valence-electron chi connectivity index (χ4n) is 2.54. The minimum atomic E-state index is -0.305. The molecule has 0 aliphatic rings. The monoisotopic (exact) mass is 386 g/mol. The van der Waals surface area contributed by atoms with Crippen LogP contribution >= 0.6 is 0 Å². The van der Waals surface area contributed by atoms with Crippen LogP contribution in [0.3, 0.4) is 0 Å². The van der Waals surface area contributed by atoms with E-state index in [1.54, 1.807) is 36.6 Å². The number of carbonyl (C=O) groups is 1. The van der Waals surface area contributed by atoms with Crippen molar-refractivity contribution in [3.63, 3.8) is 0 Å². The molecule has 0 radical (unpaired) electrons. The number of hydrogen-bond donors (Lipinski definition) is 1. The molecule has 0 aliphatic carbocycles. The molecule has 0 fully saturated rings. The molecule has 1 N–H and O–H groups in total. The molecule has 0 saturated heterocycles. The fourth-order valence-corrected chi connectivity index (χ4v) is 2.54. The molecule has 3 aromatic carbocycles. The normalized spacial score (nSPS) is 10.5. The summed E-state index contributed by atoms with van der Waals surface area (Å²) in [6, 6.07) is 24.3. The van der Waals surface area contributed by atoms with E-state index in [1.807, 2.05) is 54.6 Å². The zero-order valence-electron chi connectivity index (χ0n) is 16.0. The number of nitrogens with one attached hydrogen (secondary N) is 1. The van der Waals surface area contributed by atoms with Crippen LogP contribution in [0.4, 0.5) is 0 Å². The van der Waals surface area contributed by atoms with Crippen molar-refractivity contribution < 1.29 is 14.3 Å². The standard InChI is InChI=1S/C24H22N2O3/c1-2-16-28-23-11-7-6-10-21(23)17-25-26-24(27)20-12-14-22(15-13-20)29-18-19-8-4-3-5-9-19/h2-15,17H,1,16,18H2,(H,26,27). The van der Waals surface area contributed by atoms with Crippen molar-refractivity contribution in [2.45, 2.75) is 6.61 Å². The van der Waals surface area contributed by atoms with E-state index in [2.05, 4.69) is 17.1 Å². The summed E-state index contributed by atoms with van der Waals surface area (Å²) in [5, 5.41) is 4.02. The van der Waals surface area contributed by atoms with Gasteiger partial charge in [0.2, 0.25) is 0 Å². The lowest BCUT2D eigenvalue weighted by molar-refractivity contribution is 0.0955. The van der Waals surface area contributed by atoms with E-state index >= 15 is 0 Å². The quantitative estimate of drug-likeness (QED) is 0.332. The Morgan fingerprint density at radius 3 is 2.41 bits per heavy atom. The summed E-state index contributed by atoms with van der Waals surface area (Å²) in [6.45, 7) is 4.51. The van der Waals surface area contributed by atoms with Gasteiger partial charge in [0.15, 0.2) is 0 Å². The second-order valence-corrected chi connectivity index (χ2v) is 6.14. The highest BCUT2D eigenvalue weighted by atomic mass is 16.5. The van der Waals surface area contributed by atoms with E-state index in [4.69, 9.17) is 9.47 Å². The van der Waals surface area contributed by atoms with Gasteiger partial charge < -0.3 is 9.47 Å². The second-order valence-electron chi connectivity index (χ2n) is 6.14. The summed E-state index contributed by atoms with van der Waals surface area (Å²) in [5.74, 6) is 1.06. The van der Waals surface area contributed by atoms with Crippen molar-refractivity contribution in [2.75, 3.05) is 6.61 Å². The van der Waals surface area contributed by atoms with Gasteiger partial charge in [0.25, 0.3) is 5.91 Å². The highest BCUT2D eigenvalue weighted by molar-refractivity contribution is 5.95. The first-order valence-corrected chi connectivity index (χ1v) is 9.19. The lowest BCUT2D eigenvalue weighted by Crippen LogP contribution is -2.17. The number of amides is 1. The predicted octanol–water partition coefficient (Wildman–Crippen LogP) is 4.59. The fraction of sp³-hybridized carbons (Fsp3) is 0.0833. The molecule has 29 heavy (non-hydrogen) atoms. The Hall–Kier alpha value is -3.86. The van der Waals surface area contributed by atoms with Crippen LogP contribution in [0.1, 0.15) is 21.5 Å². The van der Waals surface area contributed by atoms with Crippen LogP contribution in [0.5, 0.6) is 11.5 Å². The highest BCUT2D eigenvalue weighted by Crippen LogP contribution is 2.16. The second kappa shape index (κ2) is 10.5. The van der Waals surface area contributed by atoms with E-state index in [0.717, 1.165) is 11.1 Å². The molecule has 0 heterocycles. The van der Waals surface area contributed by atoms with Gasteiger partial charge in [-0.25, -0.2) is 5.43 Å². The number of hydrazone groups is 1. The molecule has 0 bridgehead atoms. The summed E-state index contributed by atoms with van der Waals surface area (Å²) in [7, 11) is 0. The third-order valence-corrected chi connectivity index (χ3v) is 4.01. The molecule has 0 saturated carbocycles. The molecule has 0 atom stereocenters. The molecular weight excluding hydrogens is 364 g/mol. The summed E-state index contributed by atoms with van der Waals surface area (Å²) in [5.41, 5.74) is 4.86. The smallest absolute Gasteiger partial charge is 0.271 e. The number of para-hydroxylation sites is 1. The van der Waals surface area contributed by atoms with Gasteiger partial charge in [0, 0.05) is 11.1 Å². The minimum Gasteiger partial charge on any atom is -0.489 e. The van der Waals surface area contributed by atoms with Crippen LogP contribution < -0.4 is 14.9 Å². The van der Waals surface area contributed by atoms with Crippen molar-refractivity contribution >= 4 is 12.1 Å². The Morgan fingerprint density at radius 1 is 0.931 bits per heavy atom. The van der Waals surface area contributed by atoms with Crippen molar-refractivity contribution in [3.8, 4) is 11.5 Å². The van der Waals surface area contributed by atoms with E-state index in [-0.39, 0.29) is 5.91 Å². The molecule has 5 nitrogen and oxygen atoms in total. The van der Waals surface area contributed by atoms with Gasteiger partial charge in [-0.2, -0.15) is 5.10 Å². The van der Waals surface area contributed by atoms with E-state index < -0.39 is 0 Å². The Bertz CT molecular complexity index is 967. The Labute approximate surface area is 170 Å². The van der Waals surface area contributed by atoms with Crippen molar-refractivity contribution in [2.24, 2.45) is 5.10 Å². The maximum atomic E-state index is 12.3. The van der Waals surface area contributed by atoms with Crippen LogP contribution in [0, 0.1) is 0 Å². The van der Waals surface area contributed by atoms with Crippen LogP contribution in [-0.2, 0) is 6.61 Å². The zero-order valence-corrected chi connectivity index (χ0v) is 16.0. The highest BCUT2D eigenvalue weighted by Gasteiger charge is 2.05. The lowest BCUT2D eigenvalue weighted by Gasteiger charge is -2.07. The Kier molecular flexibility index (Phi) is 7.18. The first kappa shape index (κ1) is 19.9. The topological polar surface area (TPSA) is 59.9 Å². The summed E-state index contributed by atoms with van der Waals surface area (Å²) >= 11 is 0. The zero-order chi connectivity index (χ0) is 20.3. The molecule has 0 unspecified atom stereocenters. The number of nitrogens with zero attached hydrogens (tertiary/aromatic N) is 1. The molecular formula is C24H22N2O3. The average molecular weight is 386 g/mol. The molecule has 3 rings (SSSR count). The lowest BCUT2D eigenvalue weighted by atomic mass is 10.2. The molecule has 0 aromatic heterocycles. The van der Waals surface area contributed by atoms with E-state index in [1.165, 1.54) is 0 Å². The Balaban J connectivity index is 1.54. The van der Waals surface area contributed by atoms with Crippen LogP contribution in [0.15, 0.2) is 96.6 Å². The third kappa shape index (κ3) is 6.07. The van der Waals surface area contributed by atoms with Gasteiger partial charge in [-0.05, 0) is 42.0 Å². The minimum absolute atomic E-state index is 0.305. The first-order chi connectivity index (χ1) is 14.3. The SMILES string of the molecule is C=CCOc1ccccc1C=NNC(=O)c1ccc(OCc2ccccc2)cc1. The predicted molar refractivity (Wildman–Crippen MR) is 114 cm³/mol. The van der Waals surface area contributed by atoms with Gasteiger partial charge in [-0.3, -0.25) is 4.79 Å². The molecule has 1 amide bonds. The molecule has 146 valence electrons. The van der Waals surface area contributed by atoms with Crippen LogP contribution in [0.2, 0.25) is 0 Å². The largest absolute Gasteiger partial charge is 0.489 e. The third-order valence-electron chi connectivity index (χ3n) is 4.01. The Morgan fingerprint density at radius 2 is 1.66 bits per heavy atom. The molecule has 0 aliphatic heterocycles. The number of carbonyl (C=O) groups excluding carboxylic acids is 1. The van der Waals surface area contributed by atoms with E-state index in [0.29, 0.717) is 30.3 Å². The van der Waals surface area contributed by atoms with Crippen molar-refractivity contribution in [1.82, 2.24) is 5.43 Å². The maximum absolute atomic E-state index is 12.3. The van der Waals surface area contributed by atoms with Crippen LogP contribution in [0.25, 0.3) is 0 Å². The molecule has 5 heteroatoms. The van der Waals surface area contributed by atoms with Gasteiger partial charge in [-0.1, -0.05) is 55.1 Å². The average Bonchev–Trinajstić information content (AvgIpc) is 2.78. The molecule has 0 spiro atoms. The van der Waals surface area contributed by atoms with Crippen molar-refractivity contribution in [3.05, 3.63) is 108 Å². The van der Waals surface area contributed by atoms with Gasteiger partial charge >= 0.3 is 0 Å². The first-order valence-electron chi connectivity index (χ1n) is 9.19. The number of ether oxygens (including phenoxy) is 2. The van der Waals surface area contributed by atoms with Crippen molar-refractivity contribution in [1.29, 1.82) is 0 Å². The maximum Gasteiger partial charge on any atom is 0.271 e. The number of rotatable bonds is 9. The van der Waals surface area contributed by atoms with Gasteiger partial charge in [0.1, 0.15) is 24.7 Å². The summed E-state index contributed by atoms with van der Waals surface area (Å²) in [6.07, 6.45) is 3.22. The van der Waals surface area contributed by atoms with Gasteiger partial charge in [0.05, 0.1) is 6.21 Å². The summed E-state index contributed by atoms with van der Waals surface area (Å²) in [4.78, 5) is 12.3. The molecule has 3 aromatic rings.